The number of aromatic nitrogens is 2. The van der Waals surface area contributed by atoms with Crippen LogP contribution >= 0.6 is 11.6 Å². The number of nitrogens with one attached hydrogen (secondary N) is 1. The van der Waals surface area contributed by atoms with Crippen LogP contribution < -0.4 is 5.32 Å². The van der Waals surface area contributed by atoms with Crippen LogP contribution in [-0.4, -0.2) is 22.6 Å². The van der Waals surface area contributed by atoms with Gasteiger partial charge < -0.3 is 9.88 Å². The molecule has 0 amide bonds. The third-order valence-electron chi connectivity index (χ3n) is 3.27. The van der Waals surface area contributed by atoms with Gasteiger partial charge in [-0.1, -0.05) is 11.6 Å². The number of benzene rings is 1. The van der Waals surface area contributed by atoms with Crippen molar-refractivity contribution in [1.29, 1.82) is 0 Å². The van der Waals surface area contributed by atoms with E-state index in [-0.39, 0.29) is 0 Å². The number of nitrogens with zero attached hydrogens (tertiary/aromatic N) is 2. The molecule has 3 rings (SSSR count). The number of rotatable bonds is 2. The highest BCUT2D eigenvalue weighted by Gasteiger charge is 2.20. The lowest BCUT2D eigenvalue weighted by Gasteiger charge is -2.26. The fourth-order valence-corrected chi connectivity index (χ4v) is 2.32. The van der Waals surface area contributed by atoms with Gasteiger partial charge in [0.2, 0.25) is 0 Å². The Balaban J connectivity index is 2.00. The second-order valence-electron chi connectivity index (χ2n) is 4.45. The Morgan fingerprint density at radius 1 is 1.50 bits per heavy atom. The number of hydrogen-bond donors (Lipinski definition) is 1. The van der Waals surface area contributed by atoms with Crippen molar-refractivity contribution >= 4 is 22.6 Å². The average Bonchev–Trinajstić information content (AvgIpc) is 2.49. The molecule has 0 radical (unpaired) electrons. The van der Waals surface area contributed by atoms with Gasteiger partial charge in [0.05, 0.1) is 11.0 Å². The molecule has 0 spiro atoms. The summed E-state index contributed by atoms with van der Waals surface area (Å²) in [5.74, 6) is 1.90. The minimum Gasteiger partial charge on any atom is -0.331 e. The number of aryl methyl sites for hydroxylation is 1. The van der Waals surface area contributed by atoms with Crippen LogP contribution in [0.1, 0.15) is 5.82 Å². The van der Waals surface area contributed by atoms with Crippen molar-refractivity contribution in [2.75, 3.05) is 13.1 Å². The normalized spacial score (nSPS) is 16.6. The molecule has 4 heteroatoms. The van der Waals surface area contributed by atoms with Crippen LogP contribution in [0.25, 0.3) is 11.0 Å². The highest BCUT2D eigenvalue weighted by Crippen LogP contribution is 2.21. The summed E-state index contributed by atoms with van der Waals surface area (Å²) in [4.78, 5) is 4.65. The number of imidazole rings is 1. The SMILES string of the molecule is Cn1c(CC2CNC2)nc2cc(Cl)ccc21. The maximum Gasteiger partial charge on any atom is 0.109 e. The van der Waals surface area contributed by atoms with Crippen LogP contribution in [-0.2, 0) is 13.5 Å². The second-order valence-corrected chi connectivity index (χ2v) is 4.88. The van der Waals surface area contributed by atoms with Crippen LogP contribution in [0.2, 0.25) is 5.02 Å². The molecule has 1 saturated heterocycles. The van der Waals surface area contributed by atoms with E-state index in [0.29, 0.717) is 0 Å². The third-order valence-corrected chi connectivity index (χ3v) is 3.51. The van der Waals surface area contributed by atoms with Gasteiger partial charge in [-0.2, -0.15) is 0 Å². The van der Waals surface area contributed by atoms with Crippen LogP contribution in [0, 0.1) is 5.92 Å². The molecule has 2 aromatic rings. The molecule has 3 nitrogen and oxygen atoms in total. The monoisotopic (exact) mass is 235 g/mol. The fraction of sp³-hybridized carbons (Fsp3) is 0.417. The van der Waals surface area contributed by atoms with Gasteiger partial charge in [-0.15, -0.1) is 0 Å². The zero-order valence-electron chi connectivity index (χ0n) is 9.20. The lowest BCUT2D eigenvalue weighted by Crippen LogP contribution is -2.43. The van der Waals surface area contributed by atoms with E-state index in [4.69, 9.17) is 11.6 Å². The summed E-state index contributed by atoms with van der Waals surface area (Å²) in [6, 6.07) is 5.88. The topological polar surface area (TPSA) is 29.9 Å². The first-order valence-electron chi connectivity index (χ1n) is 5.55. The van der Waals surface area contributed by atoms with E-state index in [1.165, 1.54) is 0 Å². The number of hydrogen-bond acceptors (Lipinski definition) is 2. The lowest BCUT2D eigenvalue weighted by molar-refractivity contribution is 0.339. The maximum absolute atomic E-state index is 5.97. The summed E-state index contributed by atoms with van der Waals surface area (Å²) < 4.78 is 2.17. The highest BCUT2D eigenvalue weighted by atomic mass is 35.5. The quantitative estimate of drug-likeness (QED) is 0.863. The molecule has 1 aromatic heterocycles. The summed E-state index contributed by atoms with van der Waals surface area (Å²) in [6.45, 7) is 2.23. The molecule has 1 aromatic carbocycles. The summed E-state index contributed by atoms with van der Waals surface area (Å²) in [5, 5.41) is 4.04. The molecule has 16 heavy (non-hydrogen) atoms. The molecule has 1 N–H and O–H groups in total. The first kappa shape index (κ1) is 10.1. The van der Waals surface area contributed by atoms with Crippen molar-refractivity contribution in [3.8, 4) is 0 Å². The maximum atomic E-state index is 5.97. The number of fused-ring (bicyclic) bond motifs is 1. The summed E-state index contributed by atoms with van der Waals surface area (Å²) >= 11 is 5.97. The Hall–Kier alpha value is -1.06. The molecular weight excluding hydrogens is 222 g/mol. The highest BCUT2D eigenvalue weighted by molar-refractivity contribution is 6.31. The summed E-state index contributed by atoms with van der Waals surface area (Å²) in [7, 11) is 2.07. The molecule has 0 unspecified atom stereocenters. The molecule has 0 saturated carbocycles. The van der Waals surface area contributed by atoms with Gasteiger partial charge in [-0.25, -0.2) is 4.98 Å². The first-order chi connectivity index (χ1) is 7.74. The van der Waals surface area contributed by atoms with Gasteiger partial charge in [-0.05, 0) is 37.2 Å². The zero-order valence-corrected chi connectivity index (χ0v) is 9.96. The molecule has 84 valence electrons. The molecule has 0 aliphatic carbocycles. The van der Waals surface area contributed by atoms with Gasteiger partial charge in [0, 0.05) is 18.5 Å². The van der Waals surface area contributed by atoms with Gasteiger partial charge in [0.15, 0.2) is 0 Å². The molecule has 1 aliphatic heterocycles. The van der Waals surface area contributed by atoms with Crippen molar-refractivity contribution in [3.63, 3.8) is 0 Å². The minimum absolute atomic E-state index is 0.742. The smallest absolute Gasteiger partial charge is 0.109 e. The predicted octanol–water partition coefficient (Wildman–Crippen LogP) is 1.99. The van der Waals surface area contributed by atoms with Crippen molar-refractivity contribution in [2.45, 2.75) is 6.42 Å². The van der Waals surface area contributed by atoms with Crippen molar-refractivity contribution in [1.82, 2.24) is 14.9 Å². The van der Waals surface area contributed by atoms with E-state index in [9.17, 15) is 0 Å². The van der Waals surface area contributed by atoms with Crippen LogP contribution in [0.4, 0.5) is 0 Å². The van der Waals surface area contributed by atoms with E-state index in [2.05, 4.69) is 21.9 Å². The van der Waals surface area contributed by atoms with Gasteiger partial charge in [0.1, 0.15) is 5.82 Å². The average molecular weight is 236 g/mol. The Labute approximate surface area is 99.4 Å². The Kier molecular flexibility index (Phi) is 2.37. The van der Waals surface area contributed by atoms with Gasteiger partial charge in [0.25, 0.3) is 0 Å². The lowest BCUT2D eigenvalue weighted by atomic mass is 9.99. The molecule has 1 aliphatic rings. The molecule has 0 bridgehead atoms. The zero-order chi connectivity index (χ0) is 11.1. The van der Waals surface area contributed by atoms with Crippen molar-refractivity contribution in [2.24, 2.45) is 13.0 Å². The standard InChI is InChI=1S/C12H14ClN3/c1-16-11-3-2-9(13)5-10(11)15-12(16)4-8-6-14-7-8/h2-3,5,8,14H,4,6-7H2,1H3. The fourth-order valence-electron chi connectivity index (χ4n) is 2.16. The van der Waals surface area contributed by atoms with Crippen LogP contribution in [0.3, 0.4) is 0 Å². The van der Waals surface area contributed by atoms with Crippen LogP contribution in [0.15, 0.2) is 18.2 Å². The van der Waals surface area contributed by atoms with Crippen molar-refractivity contribution < 1.29 is 0 Å². The largest absolute Gasteiger partial charge is 0.331 e. The second kappa shape index (κ2) is 3.75. The predicted molar refractivity (Wildman–Crippen MR) is 65.8 cm³/mol. The molecule has 1 fully saturated rings. The Bertz CT molecular complexity index is 528. The molecule has 2 heterocycles. The van der Waals surface area contributed by atoms with Gasteiger partial charge >= 0.3 is 0 Å². The number of halogens is 1. The van der Waals surface area contributed by atoms with E-state index < -0.39 is 0 Å². The Morgan fingerprint density at radius 2 is 2.31 bits per heavy atom. The minimum atomic E-state index is 0.742. The summed E-state index contributed by atoms with van der Waals surface area (Å²) in [6.07, 6.45) is 1.05. The molecular formula is C12H14ClN3. The van der Waals surface area contributed by atoms with E-state index in [1.54, 1.807) is 0 Å². The van der Waals surface area contributed by atoms with E-state index in [1.807, 2.05) is 18.2 Å². The van der Waals surface area contributed by atoms with E-state index in [0.717, 1.165) is 47.3 Å². The van der Waals surface area contributed by atoms with E-state index >= 15 is 0 Å². The van der Waals surface area contributed by atoms with Crippen molar-refractivity contribution in [3.05, 3.63) is 29.0 Å². The first-order valence-corrected chi connectivity index (χ1v) is 5.93. The Morgan fingerprint density at radius 3 is 3.00 bits per heavy atom. The summed E-state index contributed by atoms with van der Waals surface area (Å²) in [5.41, 5.74) is 2.16. The van der Waals surface area contributed by atoms with Gasteiger partial charge in [-0.3, -0.25) is 0 Å². The third kappa shape index (κ3) is 1.60. The van der Waals surface area contributed by atoms with Crippen LogP contribution in [0.5, 0.6) is 0 Å². The molecule has 0 atom stereocenters.